The van der Waals surface area contributed by atoms with Crippen LogP contribution in [-0.4, -0.2) is 52.1 Å². The minimum Gasteiger partial charge on any atom is -0.480 e. The number of hydrogen-bond acceptors (Lipinski definition) is 5. The predicted molar refractivity (Wildman–Crippen MR) is 103 cm³/mol. The summed E-state index contributed by atoms with van der Waals surface area (Å²) >= 11 is 0. The number of nitrogens with one attached hydrogen (secondary N) is 2. The molecule has 0 atom stereocenters. The Bertz CT molecular complexity index is 759. The van der Waals surface area contributed by atoms with Crippen LogP contribution >= 0.6 is 0 Å². The van der Waals surface area contributed by atoms with Gasteiger partial charge in [0, 0.05) is 30.8 Å². The van der Waals surface area contributed by atoms with E-state index in [1.54, 1.807) is 6.07 Å². The standard InChI is InChI=1S/C19H26N4O5/c1-2-13-5-6-15(23(27)28)9-17(13)21-19(26)20-14-7-16(8-14)22(11-18(24)25)10-12-3-4-12/h5-6,9,12,14,16H,2-4,7-8,10-11H2,1H3,(H,24,25)(H2,20,21,26). The molecule has 152 valence electrons. The maximum absolute atomic E-state index is 12.3. The van der Waals surface area contributed by atoms with E-state index in [9.17, 15) is 19.7 Å². The molecule has 9 nitrogen and oxygen atoms in total. The van der Waals surface area contributed by atoms with Crippen LogP contribution in [0, 0.1) is 16.0 Å². The average molecular weight is 390 g/mol. The number of benzene rings is 1. The third-order valence-corrected chi connectivity index (χ3v) is 5.43. The highest BCUT2D eigenvalue weighted by atomic mass is 16.6. The Hall–Kier alpha value is -2.68. The van der Waals surface area contributed by atoms with Crippen molar-refractivity contribution in [1.29, 1.82) is 0 Å². The molecule has 9 heteroatoms. The SMILES string of the molecule is CCc1ccc([N+](=O)[O-])cc1NC(=O)NC1CC(N(CC(=O)O)CC2CC2)C1. The second-order valence-electron chi connectivity index (χ2n) is 7.64. The third-order valence-electron chi connectivity index (χ3n) is 5.43. The van der Waals surface area contributed by atoms with Crippen molar-refractivity contribution in [3.8, 4) is 0 Å². The Labute approximate surface area is 163 Å². The van der Waals surface area contributed by atoms with Crippen LogP contribution < -0.4 is 10.6 Å². The van der Waals surface area contributed by atoms with Gasteiger partial charge in [-0.15, -0.1) is 0 Å². The molecule has 3 rings (SSSR count). The molecule has 0 bridgehead atoms. The van der Waals surface area contributed by atoms with Crippen molar-refractivity contribution in [1.82, 2.24) is 10.2 Å². The molecular formula is C19H26N4O5. The van der Waals surface area contributed by atoms with Crippen LogP contribution in [0.1, 0.15) is 38.2 Å². The smallest absolute Gasteiger partial charge is 0.319 e. The first-order valence-corrected chi connectivity index (χ1v) is 9.66. The number of aryl methyl sites for hydroxylation is 1. The van der Waals surface area contributed by atoms with E-state index in [1.807, 2.05) is 11.8 Å². The number of carbonyl (C=O) groups is 2. The van der Waals surface area contributed by atoms with Crippen molar-refractivity contribution in [3.63, 3.8) is 0 Å². The van der Waals surface area contributed by atoms with Gasteiger partial charge >= 0.3 is 12.0 Å². The molecule has 2 amide bonds. The maximum Gasteiger partial charge on any atom is 0.319 e. The Morgan fingerprint density at radius 1 is 1.32 bits per heavy atom. The summed E-state index contributed by atoms with van der Waals surface area (Å²) in [5, 5.41) is 25.7. The lowest BCUT2D eigenvalue weighted by Gasteiger charge is -2.42. The number of carboxylic acid groups (broad SMARTS) is 1. The lowest BCUT2D eigenvalue weighted by atomic mass is 9.85. The van der Waals surface area contributed by atoms with E-state index in [1.165, 1.54) is 12.1 Å². The van der Waals surface area contributed by atoms with Gasteiger partial charge in [-0.3, -0.25) is 19.8 Å². The summed E-state index contributed by atoms with van der Waals surface area (Å²) in [5.74, 6) is -0.219. The molecular weight excluding hydrogens is 364 g/mol. The second-order valence-corrected chi connectivity index (χ2v) is 7.64. The number of carboxylic acids is 1. The van der Waals surface area contributed by atoms with E-state index in [0.717, 1.165) is 24.9 Å². The van der Waals surface area contributed by atoms with Gasteiger partial charge in [0.2, 0.25) is 0 Å². The van der Waals surface area contributed by atoms with E-state index in [2.05, 4.69) is 10.6 Å². The van der Waals surface area contributed by atoms with Gasteiger partial charge in [-0.05, 0) is 43.6 Å². The molecule has 1 aromatic carbocycles. The van der Waals surface area contributed by atoms with Gasteiger partial charge in [-0.1, -0.05) is 13.0 Å². The quantitative estimate of drug-likeness (QED) is 0.440. The van der Waals surface area contributed by atoms with E-state index in [0.29, 0.717) is 30.9 Å². The van der Waals surface area contributed by atoms with Crippen molar-refractivity contribution in [2.24, 2.45) is 5.92 Å². The number of aliphatic carboxylic acids is 1. The second kappa shape index (κ2) is 8.55. The van der Waals surface area contributed by atoms with Crippen LogP contribution in [0.4, 0.5) is 16.2 Å². The minimum absolute atomic E-state index is 0.0238. The Balaban J connectivity index is 1.51. The van der Waals surface area contributed by atoms with Gasteiger partial charge in [0.15, 0.2) is 0 Å². The van der Waals surface area contributed by atoms with E-state index >= 15 is 0 Å². The Kier molecular flexibility index (Phi) is 6.13. The Morgan fingerprint density at radius 3 is 2.61 bits per heavy atom. The highest BCUT2D eigenvalue weighted by Gasteiger charge is 2.37. The highest BCUT2D eigenvalue weighted by molar-refractivity contribution is 5.90. The normalized spacial score (nSPS) is 21.1. The number of non-ortho nitro benzene ring substituents is 1. The van der Waals surface area contributed by atoms with E-state index in [4.69, 9.17) is 5.11 Å². The number of nitro benzene ring substituents is 1. The first kappa shape index (κ1) is 20.1. The first-order valence-electron chi connectivity index (χ1n) is 9.66. The largest absolute Gasteiger partial charge is 0.480 e. The Morgan fingerprint density at radius 2 is 2.04 bits per heavy atom. The van der Waals surface area contributed by atoms with Crippen LogP contribution in [0.15, 0.2) is 18.2 Å². The number of rotatable bonds is 9. The molecule has 0 saturated heterocycles. The molecule has 0 spiro atoms. The molecule has 3 N–H and O–H groups in total. The average Bonchev–Trinajstić information content (AvgIpc) is 3.40. The van der Waals surface area contributed by atoms with E-state index in [-0.39, 0.29) is 24.3 Å². The molecule has 0 heterocycles. The maximum atomic E-state index is 12.3. The van der Waals surface area contributed by atoms with Crippen molar-refractivity contribution >= 4 is 23.4 Å². The van der Waals surface area contributed by atoms with Gasteiger partial charge < -0.3 is 15.7 Å². The summed E-state index contributed by atoms with van der Waals surface area (Å²) in [6.45, 7) is 2.76. The van der Waals surface area contributed by atoms with Crippen LogP contribution in [-0.2, 0) is 11.2 Å². The van der Waals surface area contributed by atoms with Crippen molar-refractivity contribution in [3.05, 3.63) is 33.9 Å². The third kappa shape index (κ3) is 5.19. The summed E-state index contributed by atoms with van der Waals surface area (Å²) in [4.78, 5) is 35.9. The van der Waals surface area contributed by atoms with Gasteiger partial charge in [-0.25, -0.2) is 4.79 Å². The molecule has 0 aliphatic heterocycles. The number of amides is 2. The summed E-state index contributed by atoms with van der Waals surface area (Å²) in [6, 6.07) is 4.19. The summed E-state index contributed by atoms with van der Waals surface area (Å²) in [6.07, 6.45) is 4.39. The van der Waals surface area contributed by atoms with Crippen LogP contribution in [0.25, 0.3) is 0 Å². The molecule has 28 heavy (non-hydrogen) atoms. The molecule has 2 aliphatic carbocycles. The molecule has 0 unspecified atom stereocenters. The predicted octanol–water partition coefficient (Wildman–Crippen LogP) is 2.61. The van der Waals surface area contributed by atoms with Gasteiger partial charge in [0.25, 0.3) is 5.69 Å². The van der Waals surface area contributed by atoms with Gasteiger partial charge in [-0.2, -0.15) is 0 Å². The fraction of sp³-hybridized carbons (Fsp3) is 0.579. The van der Waals surface area contributed by atoms with Crippen molar-refractivity contribution in [2.75, 3.05) is 18.4 Å². The lowest BCUT2D eigenvalue weighted by Crippen LogP contribution is -2.55. The summed E-state index contributed by atoms with van der Waals surface area (Å²) in [5.41, 5.74) is 1.19. The summed E-state index contributed by atoms with van der Waals surface area (Å²) < 4.78 is 0. The highest BCUT2D eigenvalue weighted by Crippen LogP contribution is 2.33. The number of hydrogen-bond donors (Lipinski definition) is 3. The van der Waals surface area contributed by atoms with Crippen molar-refractivity contribution in [2.45, 2.75) is 51.1 Å². The monoisotopic (exact) mass is 390 g/mol. The molecule has 2 fully saturated rings. The van der Waals surface area contributed by atoms with Gasteiger partial charge in [0.05, 0.1) is 17.2 Å². The molecule has 0 aromatic heterocycles. The van der Waals surface area contributed by atoms with Crippen LogP contribution in [0.3, 0.4) is 0 Å². The zero-order valence-electron chi connectivity index (χ0n) is 15.9. The fourth-order valence-corrected chi connectivity index (χ4v) is 3.60. The van der Waals surface area contributed by atoms with Crippen LogP contribution in [0.5, 0.6) is 0 Å². The lowest BCUT2D eigenvalue weighted by molar-refractivity contribution is -0.384. The zero-order valence-corrected chi connectivity index (χ0v) is 15.9. The van der Waals surface area contributed by atoms with E-state index < -0.39 is 16.9 Å². The number of nitrogens with zero attached hydrogens (tertiary/aromatic N) is 2. The first-order chi connectivity index (χ1) is 13.4. The van der Waals surface area contributed by atoms with Crippen molar-refractivity contribution < 1.29 is 19.6 Å². The van der Waals surface area contributed by atoms with Gasteiger partial charge in [0.1, 0.15) is 0 Å². The molecule has 1 aromatic rings. The number of nitro groups is 1. The van der Waals surface area contributed by atoms with Crippen LogP contribution in [0.2, 0.25) is 0 Å². The number of urea groups is 1. The fourth-order valence-electron chi connectivity index (χ4n) is 3.60. The number of carbonyl (C=O) groups excluding carboxylic acids is 1. The molecule has 0 radical (unpaired) electrons. The molecule has 2 aliphatic rings. The number of anilines is 1. The minimum atomic E-state index is -0.826. The topological polar surface area (TPSA) is 125 Å². The summed E-state index contributed by atoms with van der Waals surface area (Å²) in [7, 11) is 0. The zero-order chi connectivity index (χ0) is 20.3. The molecule has 2 saturated carbocycles.